The van der Waals surface area contributed by atoms with Gasteiger partial charge in [-0.05, 0) is 38.1 Å². The molecule has 2 rings (SSSR count). The Hall–Kier alpha value is -0.420. The zero-order valence-electron chi connectivity index (χ0n) is 9.54. The summed E-state index contributed by atoms with van der Waals surface area (Å²) in [6.07, 6.45) is 4.34. The quantitative estimate of drug-likeness (QED) is 0.716. The largest absolute Gasteiger partial charge is 0.352 e. The van der Waals surface area contributed by atoms with Gasteiger partial charge in [0.05, 0.1) is 6.54 Å². The molecule has 1 aliphatic carbocycles. The van der Waals surface area contributed by atoms with E-state index in [4.69, 9.17) is 0 Å². The molecule has 1 heterocycles. The van der Waals surface area contributed by atoms with E-state index < -0.39 is 10.8 Å². The Labute approximate surface area is 99.0 Å². The van der Waals surface area contributed by atoms with Crippen LogP contribution >= 0.6 is 0 Å². The van der Waals surface area contributed by atoms with Gasteiger partial charge in [-0.3, -0.25) is 9.00 Å². The summed E-state index contributed by atoms with van der Waals surface area (Å²) in [6.45, 7) is 1.40. The van der Waals surface area contributed by atoms with Crippen LogP contribution in [0.2, 0.25) is 0 Å². The SMILES string of the molecule is O=C(CNCC1CC1)NC1CCS(=O)CC1. The molecule has 2 N–H and O–H groups in total. The maximum absolute atomic E-state index is 11.5. The summed E-state index contributed by atoms with van der Waals surface area (Å²) in [5.74, 6) is 2.36. The molecule has 0 radical (unpaired) electrons. The van der Waals surface area contributed by atoms with E-state index in [1.165, 1.54) is 12.8 Å². The number of rotatable bonds is 5. The van der Waals surface area contributed by atoms with Crippen molar-refractivity contribution in [3.8, 4) is 0 Å². The van der Waals surface area contributed by atoms with Crippen LogP contribution in [-0.2, 0) is 15.6 Å². The van der Waals surface area contributed by atoms with Crippen molar-refractivity contribution in [3.05, 3.63) is 0 Å². The van der Waals surface area contributed by atoms with Crippen LogP contribution in [0.3, 0.4) is 0 Å². The highest BCUT2D eigenvalue weighted by Gasteiger charge is 2.22. The van der Waals surface area contributed by atoms with E-state index in [1.54, 1.807) is 0 Å². The highest BCUT2D eigenvalue weighted by Crippen LogP contribution is 2.27. The van der Waals surface area contributed by atoms with Crippen LogP contribution in [0.15, 0.2) is 0 Å². The molecule has 92 valence electrons. The fourth-order valence-electron chi connectivity index (χ4n) is 1.93. The summed E-state index contributed by atoms with van der Waals surface area (Å²) in [6, 6.07) is 0.243. The summed E-state index contributed by atoms with van der Waals surface area (Å²) in [7, 11) is -0.646. The van der Waals surface area contributed by atoms with Crippen molar-refractivity contribution in [3.63, 3.8) is 0 Å². The third-order valence-corrected chi connectivity index (χ3v) is 4.55. The van der Waals surface area contributed by atoms with Crippen LogP contribution in [0.25, 0.3) is 0 Å². The molecular formula is C11H20N2O2S. The van der Waals surface area contributed by atoms with Gasteiger partial charge >= 0.3 is 0 Å². The fourth-order valence-corrected chi connectivity index (χ4v) is 3.23. The van der Waals surface area contributed by atoms with E-state index in [0.29, 0.717) is 6.54 Å². The first-order chi connectivity index (χ1) is 7.74. The second-order valence-corrected chi connectivity index (χ2v) is 6.46. The Morgan fingerprint density at radius 1 is 1.19 bits per heavy atom. The molecule has 0 aromatic heterocycles. The van der Waals surface area contributed by atoms with E-state index in [-0.39, 0.29) is 11.9 Å². The molecule has 1 saturated heterocycles. The van der Waals surface area contributed by atoms with Gasteiger partial charge in [0.25, 0.3) is 0 Å². The Bertz CT molecular complexity index is 269. The number of hydrogen-bond donors (Lipinski definition) is 2. The van der Waals surface area contributed by atoms with Crippen LogP contribution in [0.4, 0.5) is 0 Å². The molecule has 1 amide bonds. The Morgan fingerprint density at radius 3 is 2.50 bits per heavy atom. The summed E-state index contributed by atoms with van der Waals surface area (Å²) in [4.78, 5) is 11.5. The third kappa shape index (κ3) is 4.22. The zero-order chi connectivity index (χ0) is 11.4. The predicted octanol–water partition coefficient (Wildman–Crippen LogP) is 0.0133. The smallest absolute Gasteiger partial charge is 0.234 e. The lowest BCUT2D eigenvalue weighted by molar-refractivity contribution is -0.121. The van der Waals surface area contributed by atoms with Crippen LogP contribution < -0.4 is 10.6 Å². The van der Waals surface area contributed by atoms with Crippen LogP contribution in [-0.4, -0.2) is 40.8 Å². The van der Waals surface area contributed by atoms with Gasteiger partial charge in [0.2, 0.25) is 5.91 Å². The highest BCUT2D eigenvalue weighted by atomic mass is 32.2. The molecule has 0 bridgehead atoms. The van der Waals surface area contributed by atoms with E-state index in [0.717, 1.165) is 36.8 Å². The van der Waals surface area contributed by atoms with Crippen LogP contribution in [0.5, 0.6) is 0 Å². The minimum absolute atomic E-state index is 0.0818. The number of hydrogen-bond acceptors (Lipinski definition) is 3. The normalized spacial score (nSPS) is 30.0. The van der Waals surface area contributed by atoms with Gasteiger partial charge < -0.3 is 10.6 Å². The molecule has 0 atom stereocenters. The Kier molecular flexibility index (Phi) is 4.35. The Balaban J connectivity index is 1.56. The first-order valence-corrected chi connectivity index (χ1v) is 7.58. The lowest BCUT2D eigenvalue weighted by Gasteiger charge is -2.22. The van der Waals surface area contributed by atoms with Crippen LogP contribution in [0.1, 0.15) is 25.7 Å². The molecule has 4 nitrogen and oxygen atoms in total. The minimum Gasteiger partial charge on any atom is -0.352 e. The molecule has 2 aliphatic rings. The molecule has 0 spiro atoms. The van der Waals surface area contributed by atoms with Gasteiger partial charge in [-0.2, -0.15) is 0 Å². The van der Waals surface area contributed by atoms with Crippen LogP contribution in [0, 0.1) is 5.92 Å². The average Bonchev–Trinajstić information content (AvgIpc) is 3.05. The van der Waals surface area contributed by atoms with Crippen molar-refractivity contribution in [1.82, 2.24) is 10.6 Å². The standard InChI is InChI=1S/C11H20N2O2S/c14-11(8-12-7-9-1-2-9)13-10-3-5-16(15)6-4-10/h9-10,12H,1-8H2,(H,13,14). The van der Waals surface area contributed by atoms with E-state index in [2.05, 4.69) is 10.6 Å². The number of nitrogens with one attached hydrogen (secondary N) is 2. The maximum atomic E-state index is 11.5. The first kappa shape index (κ1) is 12.0. The zero-order valence-corrected chi connectivity index (χ0v) is 10.4. The van der Waals surface area contributed by atoms with Gasteiger partial charge in [0.15, 0.2) is 0 Å². The molecule has 16 heavy (non-hydrogen) atoms. The highest BCUT2D eigenvalue weighted by molar-refractivity contribution is 7.85. The summed E-state index contributed by atoms with van der Waals surface area (Å²) < 4.78 is 11.1. The van der Waals surface area contributed by atoms with Crippen molar-refractivity contribution in [2.75, 3.05) is 24.6 Å². The van der Waals surface area contributed by atoms with Gasteiger partial charge in [-0.15, -0.1) is 0 Å². The summed E-state index contributed by atoms with van der Waals surface area (Å²) in [5.41, 5.74) is 0. The molecule has 0 aromatic rings. The Morgan fingerprint density at radius 2 is 1.88 bits per heavy atom. The molecule has 1 aliphatic heterocycles. The first-order valence-electron chi connectivity index (χ1n) is 6.09. The summed E-state index contributed by atoms with van der Waals surface area (Å²) >= 11 is 0. The number of amides is 1. The molecular weight excluding hydrogens is 224 g/mol. The van der Waals surface area contributed by atoms with Crippen molar-refractivity contribution in [2.24, 2.45) is 5.92 Å². The second kappa shape index (κ2) is 5.77. The van der Waals surface area contributed by atoms with Gasteiger partial charge in [0, 0.05) is 28.3 Å². The van der Waals surface area contributed by atoms with Crippen molar-refractivity contribution >= 4 is 16.7 Å². The van der Waals surface area contributed by atoms with Gasteiger partial charge in [0.1, 0.15) is 0 Å². The average molecular weight is 244 g/mol. The predicted molar refractivity (Wildman–Crippen MR) is 64.6 cm³/mol. The summed E-state index contributed by atoms with van der Waals surface area (Å²) in [5, 5.41) is 6.17. The minimum atomic E-state index is -0.646. The monoisotopic (exact) mass is 244 g/mol. The number of carbonyl (C=O) groups is 1. The van der Waals surface area contributed by atoms with Crippen molar-refractivity contribution in [2.45, 2.75) is 31.7 Å². The number of carbonyl (C=O) groups excluding carboxylic acids is 1. The maximum Gasteiger partial charge on any atom is 0.234 e. The lowest BCUT2D eigenvalue weighted by Crippen LogP contribution is -2.43. The fraction of sp³-hybridized carbons (Fsp3) is 0.909. The van der Waals surface area contributed by atoms with E-state index >= 15 is 0 Å². The lowest BCUT2D eigenvalue weighted by atomic mass is 10.1. The molecule has 5 heteroatoms. The molecule has 1 saturated carbocycles. The van der Waals surface area contributed by atoms with Crippen molar-refractivity contribution < 1.29 is 9.00 Å². The molecule has 0 unspecified atom stereocenters. The van der Waals surface area contributed by atoms with E-state index in [1.807, 2.05) is 0 Å². The van der Waals surface area contributed by atoms with Gasteiger partial charge in [-0.25, -0.2) is 0 Å². The topological polar surface area (TPSA) is 58.2 Å². The molecule has 2 fully saturated rings. The van der Waals surface area contributed by atoms with E-state index in [9.17, 15) is 9.00 Å². The third-order valence-electron chi connectivity index (χ3n) is 3.17. The second-order valence-electron chi connectivity index (χ2n) is 4.76. The molecule has 0 aromatic carbocycles. The van der Waals surface area contributed by atoms with Gasteiger partial charge in [-0.1, -0.05) is 0 Å². The van der Waals surface area contributed by atoms with Crippen molar-refractivity contribution in [1.29, 1.82) is 0 Å².